The second-order valence-electron chi connectivity index (χ2n) is 4.60. The van der Waals surface area contributed by atoms with E-state index >= 15 is 0 Å². The van der Waals surface area contributed by atoms with E-state index in [1.807, 2.05) is 24.5 Å². The highest BCUT2D eigenvalue weighted by Crippen LogP contribution is 2.24. The minimum atomic E-state index is -0.984. The Balaban J connectivity index is 2.63. The molecular formula is C13H16N2O3S. The van der Waals surface area contributed by atoms with E-state index in [1.165, 1.54) is 0 Å². The predicted molar refractivity (Wildman–Crippen MR) is 75.1 cm³/mol. The zero-order chi connectivity index (χ0) is 14.2. The highest BCUT2D eigenvalue weighted by atomic mass is 32.2. The summed E-state index contributed by atoms with van der Waals surface area (Å²) in [6.07, 6.45) is 1.66. The number of aromatic carboxylic acids is 1. The summed E-state index contributed by atoms with van der Waals surface area (Å²) in [5.74, 6) is 0.271. The second-order valence-corrected chi connectivity index (χ2v) is 6.08. The number of aromatic nitrogens is 2. The zero-order valence-corrected chi connectivity index (χ0v) is 11.9. The maximum Gasteiger partial charge on any atom is 0.337 e. The van der Waals surface area contributed by atoms with Gasteiger partial charge in [0.15, 0.2) is 0 Å². The van der Waals surface area contributed by atoms with E-state index in [0.717, 1.165) is 11.3 Å². The Kier molecular flexibility index (Phi) is 3.71. The summed E-state index contributed by atoms with van der Waals surface area (Å²) in [7, 11) is -0.911. The Morgan fingerprint density at radius 2 is 2.21 bits per heavy atom. The highest BCUT2D eigenvalue weighted by Gasteiger charge is 2.18. The van der Waals surface area contributed by atoms with E-state index in [9.17, 15) is 9.00 Å². The van der Waals surface area contributed by atoms with Crippen LogP contribution in [0.25, 0.3) is 11.0 Å². The summed E-state index contributed by atoms with van der Waals surface area (Å²) in [4.78, 5) is 15.5. The molecule has 2 unspecified atom stereocenters. The topological polar surface area (TPSA) is 72.2 Å². The molecule has 0 fully saturated rings. The molecule has 1 aromatic heterocycles. The molecule has 1 heterocycles. The molecule has 0 aliphatic heterocycles. The predicted octanol–water partition coefficient (Wildman–Crippen LogP) is 1.98. The molecule has 0 amide bonds. The number of rotatable bonds is 4. The van der Waals surface area contributed by atoms with Crippen molar-refractivity contribution in [2.45, 2.75) is 19.9 Å². The number of aryl methyl sites for hydroxylation is 1. The third-order valence-electron chi connectivity index (χ3n) is 3.04. The minimum Gasteiger partial charge on any atom is -0.478 e. The molecule has 0 saturated heterocycles. The quantitative estimate of drug-likeness (QED) is 0.929. The monoisotopic (exact) mass is 280 g/mol. The van der Waals surface area contributed by atoms with Crippen LogP contribution in [0.15, 0.2) is 18.2 Å². The number of benzene rings is 1. The van der Waals surface area contributed by atoms with Gasteiger partial charge < -0.3 is 9.67 Å². The van der Waals surface area contributed by atoms with E-state index in [-0.39, 0.29) is 11.6 Å². The van der Waals surface area contributed by atoms with E-state index in [1.54, 1.807) is 18.4 Å². The van der Waals surface area contributed by atoms with Crippen molar-refractivity contribution < 1.29 is 14.1 Å². The fraction of sp³-hybridized carbons (Fsp3) is 0.385. The Morgan fingerprint density at radius 1 is 1.53 bits per heavy atom. The average Bonchev–Trinajstić information content (AvgIpc) is 2.63. The van der Waals surface area contributed by atoms with Gasteiger partial charge in [0.05, 0.1) is 11.1 Å². The zero-order valence-electron chi connectivity index (χ0n) is 11.1. The van der Waals surface area contributed by atoms with E-state index in [4.69, 9.17) is 5.11 Å². The normalized spacial score (nSPS) is 14.5. The van der Waals surface area contributed by atoms with E-state index < -0.39 is 16.8 Å². The fourth-order valence-electron chi connectivity index (χ4n) is 2.38. The molecule has 0 bridgehead atoms. The molecule has 2 atom stereocenters. The number of carboxylic acids is 1. The van der Waals surface area contributed by atoms with Crippen LogP contribution in [0, 0.1) is 6.92 Å². The highest BCUT2D eigenvalue weighted by molar-refractivity contribution is 7.84. The second kappa shape index (κ2) is 5.13. The molecule has 1 N–H and O–H groups in total. The number of nitrogens with zero attached hydrogens (tertiary/aromatic N) is 2. The number of carboxylic acid groups (broad SMARTS) is 1. The van der Waals surface area contributed by atoms with E-state index in [2.05, 4.69) is 4.98 Å². The first-order chi connectivity index (χ1) is 8.91. The molecule has 19 heavy (non-hydrogen) atoms. The summed E-state index contributed by atoms with van der Waals surface area (Å²) < 4.78 is 13.3. The number of hydrogen-bond acceptors (Lipinski definition) is 3. The molecule has 0 spiro atoms. The maximum absolute atomic E-state index is 11.4. The van der Waals surface area contributed by atoms with Crippen molar-refractivity contribution in [1.82, 2.24) is 9.55 Å². The van der Waals surface area contributed by atoms with Crippen LogP contribution in [0.4, 0.5) is 0 Å². The number of carbonyl (C=O) groups is 1. The van der Waals surface area contributed by atoms with Crippen molar-refractivity contribution in [1.29, 1.82) is 0 Å². The summed E-state index contributed by atoms with van der Waals surface area (Å²) in [6.45, 7) is 3.80. The van der Waals surface area contributed by atoms with Gasteiger partial charge >= 0.3 is 5.97 Å². The lowest BCUT2D eigenvalue weighted by molar-refractivity contribution is 0.0699. The van der Waals surface area contributed by atoms with Crippen molar-refractivity contribution in [3.63, 3.8) is 0 Å². The van der Waals surface area contributed by atoms with Crippen LogP contribution in [0.5, 0.6) is 0 Å². The molecular weight excluding hydrogens is 264 g/mol. The van der Waals surface area contributed by atoms with Gasteiger partial charge in [0, 0.05) is 28.9 Å². The lowest BCUT2D eigenvalue weighted by Crippen LogP contribution is -2.14. The largest absolute Gasteiger partial charge is 0.478 e. The van der Waals surface area contributed by atoms with Crippen molar-refractivity contribution in [3.8, 4) is 0 Å². The van der Waals surface area contributed by atoms with Crippen LogP contribution in [0.1, 0.15) is 29.1 Å². The van der Waals surface area contributed by atoms with Crippen LogP contribution in [0.2, 0.25) is 0 Å². The van der Waals surface area contributed by atoms with Gasteiger partial charge in [-0.15, -0.1) is 0 Å². The van der Waals surface area contributed by atoms with Gasteiger partial charge in [-0.1, -0.05) is 6.07 Å². The van der Waals surface area contributed by atoms with E-state index in [0.29, 0.717) is 11.3 Å². The number of imidazole rings is 1. The molecule has 0 aliphatic rings. The molecule has 0 saturated carbocycles. The van der Waals surface area contributed by atoms with Gasteiger partial charge in [0.2, 0.25) is 0 Å². The molecule has 6 heteroatoms. The van der Waals surface area contributed by atoms with Crippen LogP contribution in [-0.2, 0) is 10.8 Å². The standard InChI is InChI=1S/C13H16N2O3S/c1-8(7-19(3)18)15-9(2)14-12-10(13(16)17)5-4-6-11(12)15/h4-6,8H,7H2,1-3H3,(H,16,17). The molecule has 102 valence electrons. The Hall–Kier alpha value is -1.69. The molecule has 0 radical (unpaired) electrons. The first kappa shape index (κ1) is 13.7. The van der Waals surface area contributed by atoms with Crippen molar-refractivity contribution in [2.24, 2.45) is 0 Å². The number of para-hydroxylation sites is 1. The first-order valence-electron chi connectivity index (χ1n) is 5.92. The van der Waals surface area contributed by atoms with Crippen LogP contribution in [-0.4, -0.2) is 36.8 Å². The summed E-state index contributed by atoms with van der Waals surface area (Å²) >= 11 is 0. The van der Waals surface area contributed by atoms with Crippen LogP contribution < -0.4 is 0 Å². The Morgan fingerprint density at radius 3 is 2.79 bits per heavy atom. The van der Waals surface area contributed by atoms with Crippen molar-refractivity contribution >= 4 is 27.8 Å². The van der Waals surface area contributed by atoms with Gasteiger partial charge in [0.1, 0.15) is 11.3 Å². The molecule has 0 aliphatic carbocycles. The molecule has 2 rings (SSSR count). The average molecular weight is 280 g/mol. The van der Waals surface area contributed by atoms with Crippen LogP contribution >= 0.6 is 0 Å². The fourth-order valence-corrected chi connectivity index (χ4v) is 3.20. The summed E-state index contributed by atoms with van der Waals surface area (Å²) in [6, 6.07) is 5.11. The Bertz CT molecular complexity index is 663. The maximum atomic E-state index is 11.4. The lowest BCUT2D eigenvalue weighted by atomic mass is 10.2. The van der Waals surface area contributed by atoms with Gasteiger partial charge in [0.25, 0.3) is 0 Å². The molecule has 1 aromatic carbocycles. The number of hydrogen-bond donors (Lipinski definition) is 1. The van der Waals surface area contributed by atoms with Gasteiger partial charge in [-0.05, 0) is 26.0 Å². The molecule has 5 nitrogen and oxygen atoms in total. The molecule has 2 aromatic rings. The van der Waals surface area contributed by atoms with Crippen LogP contribution in [0.3, 0.4) is 0 Å². The van der Waals surface area contributed by atoms with Crippen molar-refractivity contribution in [3.05, 3.63) is 29.6 Å². The first-order valence-corrected chi connectivity index (χ1v) is 7.65. The Labute approximate surface area is 113 Å². The smallest absolute Gasteiger partial charge is 0.337 e. The minimum absolute atomic E-state index is 0.0138. The lowest BCUT2D eigenvalue weighted by Gasteiger charge is -2.15. The van der Waals surface area contributed by atoms with Gasteiger partial charge in [-0.25, -0.2) is 9.78 Å². The third kappa shape index (κ3) is 2.53. The van der Waals surface area contributed by atoms with Gasteiger partial charge in [-0.3, -0.25) is 4.21 Å². The summed E-state index contributed by atoms with van der Waals surface area (Å²) in [5.41, 5.74) is 1.46. The van der Waals surface area contributed by atoms with Gasteiger partial charge in [-0.2, -0.15) is 0 Å². The number of fused-ring (bicyclic) bond motifs is 1. The third-order valence-corrected chi connectivity index (χ3v) is 4.00. The SMILES string of the molecule is Cc1nc2c(C(=O)O)cccc2n1C(C)CS(C)=O. The van der Waals surface area contributed by atoms with Crippen molar-refractivity contribution in [2.75, 3.05) is 12.0 Å². The summed E-state index contributed by atoms with van der Waals surface area (Å²) in [5, 5.41) is 9.17.